The number of hydrogen-bond donors (Lipinski definition) is 5. The highest BCUT2D eigenvalue weighted by molar-refractivity contribution is 7.70. The highest BCUT2D eigenvalue weighted by atomic mass is 31.2. The van der Waals surface area contributed by atoms with Gasteiger partial charge in [0, 0.05) is 12.8 Å². The minimum absolute atomic E-state index is 0.110. The maximum Gasteiger partial charge on any atom is 0.395 e. The molecule has 0 aromatic carbocycles. The SMILES string of the molecule is O=P(O)(O)C([NH+]1[CH][CH][CH]CC1)P(=O)(O)O. The van der Waals surface area contributed by atoms with Crippen LogP contribution in [0.1, 0.15) is 6.42 Å². The van der Waals surface area contributed by atoms with E-state index in [-0.39, 0.29) is 11.4 Å². The molecule has 0 amide bonds. The summed E-state index contributed by atoms with van der Waals surface area (Å²) < 4.78 is 22.0. The molecule has 0 spiro atoms. The van der Waals surface area contributed by atoms with Crippen molar-refractivity contribution in [3.63, 3.8) is 0 Å². The van der Waals surface area contributed by atoms with Crippen molar-refractivity contribution in [2.75, 3.05) is 6.54 Å². The number of likely N-dealkylation sites (tertiary alicyclic amines) is 1. The summed E-state index contributed by atoms with van der Waals surface area (Å²) in [6.07, 6.45) is 3.83. The van der Waals surface area contributed by atoms with Crippen molar-refractivity contribution in [2.45, 2.75) is 11.9 Å². The third kappa shape index (κ3) is 3.64. The molecule has 15 heavy (non-hydrogen) atoms. The lowest BCUT2D eigenvalue weighted by Gasteiger charge is -2.30. The molecular weight excluding hydrogens is 244 g/mol. The summed E-state index contributed by atoms with van der Waals surface area (Å²) in [6, 6.07) is 0. The fourth-order valence-corrected chi connectivity index (χ4v) is 4.33. The monoisotopic (exact) mass is 257 g/mol. The maximum atomic E-state index is 11.0. The van der Waals surface area contributed by atoms with E-state index in [0.717, 1.165) is 0 Å². The van der Waals surface area contributed by atoms with E-state index in [0.29, 0.717) is 6.42 Å². The van der Waals surface area contributed by atoms with Gasteiger partial charge in [-0.05, 0) is 6.42 Å². The van der Waals surface area contributed by atoms with Gasteiger partial charge in [-0.1, -0.05) is 0 Å². The molecule has 5 N–H and O–H groups in total. The normalized spacial score (nSPS) is 20.9. The number of piperidine rings is 1. The topological polar surface area (TPSA) is 120 Å². The van der Waals surface area contributed by atoms with Crippen molar-refractivity contribution in [2.24, 2.45) is 0 Å². The summed E-state index contributed by atoms with van der Waals surface area (Å²) in [5, 5.41) is 0. The van der Waals surface area contributed by atoms with Gasteiger partial charge in [0.1, 0.15) is 6.54 Å². The van der Waals surface area contributed by atoms with Crippen LogP contribution in [0.3, 0.4) is 0 Å². The second kappa shape index (κ2) is 4.63. The third-order valence-corrected chi connectivity index (χ3v) is 5.76. The van der Waals surface area contributed by atoms with Gasteiger partial charge in [0.2, 0.25) is 0 Å². The van der Waals surface area contributed by atoms with Gasteiger partial charge < -0.3 is 24.5 Å². The molecule has 0 aliphatic carbocycles. The van der Waals surface area contributed by atoms with E-state index in [4.69, 9.17) is 19.6 Å². The van der Waals surface area contributed by atoms with Gasteiger partial charge >= 0.3 is 15.2 Å². The molecule has 0 aromatic heterocycles. The van der Waals surface area contributed by atoms with Crippen LogP contribution < -0.4 is 4.90 Å². The maximum absolute atomic E-state index is 11.0. The van der Waals surface area contributed by atoms with Crippen LogP contribution in [0.5, 0.6) is 0 Å². The molecule has 1 atom stereocenters. The summed E-state index contributed by atoms with van der Waals surface area (Å²) in [6.45, 7) is 1.61. The van der Waals surface area contributed by atoms with E-state index in [1.165, 1.54) is 13.0 Å². The van der Waals surface area contributed by atoms with E-state index in [1.54, 1.807) is 6.42 Å². The lowest BCUT2D eigenvalue weighted by atomic mass is 10.1. The highest BCUT2D eigenvalue weighted by Crippen LogP contribution is 2.56. The van der Waals surface area contributed by atoms with E-state index >= 15 is 0 Å². The zero-order chi connectivity index (χ0) is 11.7. The van der Waals surface area contributed by atoms with Crippen molar-refractivity contribution < 1.29 is 33.6 Å². The molecule has 1 rings (SSSR count). The van der Waals surface area contributed by atoms with E-state index in [1.807, 2.05) is 0 Å². The molecule has 1 saturated heterocycles. The molecular formula is C6H13NO6P2+. The predicted molar refractivity (Wildman–Crippen MR) is 51.2 cm³/mol. The lowest BCUT2D eigenvalue weighted by Crippen LogP contribution is -3.13. The van der Waals surface area contributed by atoms with Gasteiger partial charge in [0.15, 0.2) is 0 Å². The standard InChI is InChI=1S/C6H13NO6P2/c8-14(9,10)6(15(11,12)13)7-4-2-1-3-5-7/h1-2,4,6-7H,3,5H2,(H2,8,9,10)(H2,11,12,13)/q+1. The Morgan fingerprint density at radius 1 is 1.13 bits per heavy atom. The molecule has 1 aliphatic heterocycles. The average Bonchev–Trinajstić information content (AvgIpc) is 2.00. The van der Waals surface area contributed by atoms with Crippen molar-refractivity contribution in [3.8, 4) is 0 Å². The van der Waals surface area contributed by atoms with Gasteiger partial charge in [-0.15, -0.1) is 0 Å². The van der Waals surface area contributed by atoms with Crippen molar-refractivity contribution in [1.29, 1.82) is 0 Å². The molecule has 1 aliphatic rings. The number of hydrogen-bond acceptors (Lipinski definition) is 2. The van der Waals surface area contributed by atoms with Crippen molar-refractivity contribution in [3.05, 3.63) is 19.4 Å². The minimum Gasteiger partial charge on any atom is -0.320 e. The number of quaternary nitrogens is 1. The lowest BCUT2D eigenvalue weighted by molar-refractivity contribution is -0.870. The second-order valence-electron chi connectivity index (χ2n) is 3.26. The summed E-state index contributed by atoms with van der Waals surface area (Å²) in [5.41, 5.74) is -1.99. The first kappa shape index (κ1) is 13.3. The molecule has 9 heteroatoms. The van der Waals surface area contributed by atoms with Crippen molar-refractivity contribution in [1.82, 2.24) is 0 Å². The molecule has 0 bridgehead atoms. The summed E-state index contributed by atoms with van der Waals surface area (Å²) in [5.74, 6) is 0. The molecule has 1 heterocycles. The van der Waals surface area contributed by atoms with Gasteiger partial charge in [0.05, 0.1) is 6.54 Å². The predicted octanol–water partition coefficient (Wildman–Crippen LogP) is -1.52. The van der Waals surface area contributed by atoms with Gasteiger partial charge in [-0.3, -0.25) is 9.13 Å². The molecule has 1 fully saturated rings. The average molecular weight is 257 g/mol. The largest absolute Gasteiger partial charge is 0.395 e. The van der Waals surface area contributed by atoms with Gasteiger partial charge in [0.25, 0.3) is 5.52 Å². The van der Waals surface area contributed by atoms with Crippen LogP contribution in [0.15, 0.2) is 0 Å². The van der Waals surface area contributed by atoms with Gasteiger partial charge in [-0.2, -0.15) is 0 Å². The van der Waals surface area contributed by atoms with Crippen LogP contribution in [-0.2, 0) is 9.13 Å². The minimum atomic E-state index is -4.83. The Labute approximate surface area is 87.4 Å². The Kier molecular flexibility index (Phi) is 4.12. The van der Waals surface area contributed by atoms with E-state index in [2.05, 4.69) is 0 Å². The zero-order valence-corrected chi connectivity index (χ0v) is 9.51. The zero-order valence-electron chi connectivity index (χ0n) is 7.72. The van der Waals surface area contributed by atoms with Crippen LogP contribution >= 0.6 is 15.2 Å². The Morgan fingerprint density at radius 2 is 1.67 bits per heavy atom. The molecule has 0 saturated carbocycles. The first-order valence-corrected chi connectivity index (χ1v) is 7.55. The Bertz CT molecular complexity index is 281. The van der Waals surface area contributed by atoms with Crippen LogP contribution in [0.2, 0.25) is 0 Å². The van der Waals surface area contributed by atoms with Crippen LogP contribution in [0.4, 0.5) is 0 Å². The van der Waals surface area contributed by atoms with Crippen molar-refractivity contribution >= 4 is 15.2 Å². The molecule has 0 aromatic rings. The summed E-state index contributed by atoms with van der Waals surface area (Å²) in [7, 11) is -9.66. The molecule has 3 radical (unpaired) electrons. The first-order valence-electron chi connectivity index (χ1n) is 4.19. The number of rotatable bonds is 3. The molecule has 7 nitrogen and oxygen atoms in total. The van der Waals surface area contributed by atoms with Gasteiger partial charge in [-0.25, -0.2) is 0 Å². The second-order valence-corrected chi connectivity index (χ2v) is 7.06. The van der Waals surface area contributed by atoms with Crippen LogP contribution in [-0.4, -0.2) is 31.6 Å². The highest BCUT2D eigenvalue weighted by Gasteiger charge is 2.52. The fraction of sp³-hybridized carbons (Fsp3) is 0.500. The Hall–Kier alpha value is 0.260. The third-order valence-electron chi connectivity index (χ3n) is 2.01. The van der Waals surface area contributed by atoms with E-state index < -0.39 is 20.7 Å². The number of nitrogens with one attached hydrogen (secondary N) is 1. The smallest absolute Gasteiger partial charge is 0.320 e. The molecule has 87 valence electrons. The summed E-state index contributed by atoms with van der Waals surface area (Å²) >= 11 is 0. The summed E-state index contributed by atoms with van der Waals surface area (Å²) in [4.78, 5) is 35.8. The fourth-order valence-electron chi connectivity index (χ4n) is 1.46. The van der Waals surface area contributed by atoms with E-state index in [9.17, 15) is 9.13 Å². The van der Waals surface area contributed by atoms with Crippen LogP contribution in [0, 0.1) is 19.4 Å². The quantitative estimate of drug-likeness (QED) is 0.392. The Balaban J connectivity index is 2.91. The molecule has 1 unspecified atom stereocenters. The Morgan fingerprint density at radius 3 is 2.00 bits per heavy atom. The van der Waals surface area contributed by atoms with Crippen LogP contribution in [0.25, 0.3) is 0 Å². The first-order chi connectivity index (χ1) is 6.73.